The van der Waals surface area contributed by atoms with E-state index in [1.54, 1.807) is 42.9 Å². The molecule has 1 aliphatic rings. The van der Waals surface area contributed by atoms with Crippen molar-refractivity contribution in [2.45, 2.75) is 25.4 Å². The molecule has 0 aliphatic heterocycles. The van der Waals surface area contributed by atoms with Crippen molar-refractivity contribution >= 4 is 11.9 Å². The van der Waals surface area contributed by atoms with Gasteiger partial charge in [0.25, 0.3) is 0 Å². The summed E-state index contributed by atoms with van der Waals surface area (Å²) >= 11 is 0. The maximum Gasteiger partial charge on any atom is 0.248 e. The van der Waals surface area contributed by atoms with Crippen molar-refractivity contribution in [1.82, 2.24) is 19.5 Å². The summed E-state index contributed by atoms with van der Waals surface area (Å²) in [6.45, 7) is 0.458. The number of imidazole rings is 1. The zero-order valence-corrected chi connectivity index (χ0v) is 17.2. The monoisotopic (exact) mass is 428 g/mol. The molecule has 4 aromatic rings. The molecule has 0 atom stereocenters. The van der Waals surface area contributed by atoms with E-state index < -0.39 is 5.91 Å². The molecule has 160 valence electrons. The Labute approximate surface area is 184 Å². The third-order valence-electron chi connectivity index (χ3n) is 5.33. The molecular formula is C24H21FN6O. The molecule has 0 saturated heterocycles. The summed E-state index contributed by atoms with van der Waals surface area (Å²) in [6.07, 6.45) is 5.67. The number of hydrogen-bond donors (Lipinski definition) is 2. The Morgan fingerprint density at radius 2 is 1.94 bits per heavy atom. The van der Waals surface area contributed by atoms with E-state index in [1.165, 1.54) is 12.1 Å². The van der Waals surface area contributed by atoms with E-state index in [0.29, 0.717) is 35.5 Å². The van der Waals surface area contributed by atoms with Crippen molar-refractivity contribution in [2.24, 2.45) is 5.73 Å². The van der Waals surface area contributed by atoms with E-state index in [9.17, 15) is 9.18 Å². The van der Waals surface area contributed by atoms with Crippen LogP contribution in [-0.2, 0) is 6.54 Å². The summed E-state index contributed by atoms with van der Waals surface area (Å²) < 4.78 is 15.5. The Hall–Kier alpha value is -4.07. The van der Waals surface area contributed by atoms with Gasteiger partial charge in [0.05, 0.1) is 23.4 Å². The molecule has 1 saturated carbocycles. The second-order valence-corrected chi connectivity index (χ2v) is 7.83. The second-order valence-electron chi connectivity index (χ2n) is 7.83. The molecule has 1 amide bonds. The number of hydrogen-bond acceptors (Lipinski definition) is 5. The molecule has 7 nitrogen and oxygen atoms in total. The largest absolute Gasteiger partial charge is 0.366 e. The van der Waals surface area contributed by atoms with E-state index >= 15 is 0 Å². The van der Waals surface area contributed by atoms with E-state index in [-0.39, 0.29) is 5.82 Å². The van der Waals surface area contributed by atoms with Crippen LogP contribution < -0.4 is 11.1 Å². The highest BCUT2D eigenvalue weighted by atomic mass is 19.1. The predicted molar refractivity (Wildman–Crippen MR) is 119 cm³/mol. The number of nitrogens with one attached hydrogen (secondary N) is 1. The number of nitrogens with two attached hydrogens (primary N) is 1. The number of carbonyl (C=O) groups is 1. The molecule has 8 heteroatoms. The van der Waals surface area contributed by atoms with Crippen LogP contribution >= 0.6 is 0 Å². The van der Waals surface area contributed by atoms with Gasteiger partial charge in [-0.05, 0) is 60.9 Å². The fraction of sp³-hybridized carbons (Fsp3) is 0.167. The number of primary amides is 1. The van der Waals surface area contributed by atoms with Gasteiger partial charge in [-0.1, -0.05) is 12.1 Å². The first-order valence-electron chi connectivity index (χ1n) is 10.4. The third kappa shape index (κ3) is 4.20. The van der Waals surface area contributed by atoms with Gasteiger partial charge in [-0.15, -0.1) is 0 Å². The van der Waals surface area contributed by atoms with E-state index in [4.69, 9.17) is 10.7 Å². The fourth-order valence-corrected chi connectivity index (χ4v) is 3.58. The van der Waals surface area contributed by atoms with Gasteiger partial charge in [-0.3, -0.25) is 4.79 Å². The van der Waals surface area contributed by atoms with Gasteiger partial charge in [-0.2, -0.15) is 0 Å². The normalized spacial score (nSPS) is 13.2. The molecular weight excluding hydrogens is 407 g/mol. The Morgan fingerprint density at radius 1 is 1.12 bits per heavy atom. The standard InChI is InChI=1S/C24H21FN6O/c25-18-6-4-16(5-7-18)21-22(20-10-11-27-24(30-20)29-19-8-9-19)31(14-28-21)13-15-2-1-3-17(12-15)23(26)32/h1-7,10-12,14,19H,8-9,13H2,(H2,26,32)(H,27,29,30). The summed E-state index contributed by atoms with van der Waals surface area (Å²) in [5, 5.41) is 3.32. The van der Waals surface area contributed by atoms with Crippen molar-refractivity contribution in [3.05, 3.63) is 84.1 Å². The molecule has 0 radical (unpaired) electrons. The first kappa shape index (κ1) is 19.9. The SMILES string of the molecule is NC(=O)c1cccc(Cn2cnc(-c3ccc(F)cc3)c2-c2ccnc(NC3CC3)n2)c1. The molecule has 2 aromatic heterocycles. The smallest absolute Gasteiger partial charge is 0.248 e. The van der Waals surface area contributed by atoms with Crippen LogP contribution in [0.4, 0.5) is 10.3 Å². The molecule has 0 spiro atoms. The number of carbonyl (C=O) groups excluding carboxylic acids is 1. The molecule has 1 aliphatic carbocycles. The highest BCUT2D eigenvalue weighted by Gasteiger charge is 2.23. The van der Waals surface area contributed by atoms with Crippen LogP contribution in [-0.4, -0.2) is 31.5 Å². The molecule has 32 heavy (non-hydrogen) atoms. The lowest BCUT2D eigenvalue weighted by Gasteiger charge is -2.12. The van der Waals surface area contributed by atoms with Crippen molar-refractivity contribution in [3.8, 4) is 22.6 Å². The fourth-order valence-electron chi connectivity index (χ4n) is 3.58. The molecule has 2 aromatic carbocycles. The first-order chi connectivity index (χ1) is 15.6. The van der Waals surface area contributed by atoms with Crippen LogP contribution in [0.1, 0.15) is 28.8 Å². The van der Waals surface area contributed by atoms with E-state index in [0.717, 1.165) is 29.7 Å². The van der Waals surface area contributed by atoms with E-state index in [2.05, 4.69) is 15.3 Å². The maximum absolute atomic E-state index is 13.5. The third-order valence-corrected chi connectivity index (χ3v) is 5.33. The Bertz CT molecular complexity index is 1280. The topological polar surface area (TPSA) is 98.7 Å². The van der Waals surface area contributed by atoms with Gasteiger partial charge in [0, 0.05) is 29.9 Å². The van der Waals surface area contributed by atoms with Crippen molar-refractivity contribution in [2.75, 3.05) is 5.32 Å². The Morgan fingerprint density at radius 3 is 2.69 bits per heavy atom. The highest BCUT2D eigenvalue weighted by Crippen LogP contribution is 2.32. The van der Waals surface area contributed by atoms with Crippen LogP contribution in [0.3, 0.4) is 0 Å². The number of aromatic nitrogens is 4. The molecule has 1 fully saturated rings. The number of amides is 1. The van der Waals surface area contributed by atoms with Crippen LogP contribution in [0.2, 0.25) is 0 Å². The summed E-state index contributed by atoms with van der Waals surface area (Å²) in [4.78, 5) is 25.3. The average Bonchev–Trinajstić information content (AvgIpc) is 3.51. The summed E-state index contributed by atoms with van der Waals surface area (Å²) in [5.74, 6) is -0.217. The van der Waals surface area contributed by atoms with E-state index in [1.807, 2.05) is 16.7 Å². The first-order valence-corrected chi connectivity index (χ1v) is 10.4. The lowest BCUT2D eigenvalue weighted by molar-refractivity contribution is 0.1000. The van der Waals surface area contributed by atoms with Crippen LogP contribution in [0.5, 0.6) is 0 Å². The molecule has 2 heterocycles. The Kier molecular flexibility index (Phi) is 5.10. The summed E-state index contributed by atoms with van der Waals surface area (Å²) in [6, 6.07) is 15.6. The quantitative estimate of drug-likeness (QED) is 0.466. The minimum absolute atomic E-state index is 0.309. The minimum Gasteiger partial charge on any atom is -0.366 e. The second kappa shape index (κ2) is 8.22. The number of rotatable bonds is 7. The Balaban J connectivity index is 1.58. The van der Waals surface area contributed by atoms with Crippen molar-refractivity contribution in [3.63, 3.8) is 0 Å². The molecule has 5 rings (SSSR count). The number of nitrogens with zero attached hydrogens (tertiary/aromatic N) is 4. The van der Waals surface area contributed by atoms with Gasteiger partial charge < -0.3 is 15.6 Å². The van der Waals surface area contributed by atoms with Crippen LogP contribution in [0.25, 0.3) is 22.6 Å². The van der Waals surface area contributed by atoms with Gasteiger partial charge in [0.2, 0.25) is 11.9 Å². The van der Waals surface area contributed by atoms with Crippen LogP contribution in [0, 0.1) is 5.82 Å². The molecule has 3 N–H and O–H groups in total. The van der Waals surface area contributed by atoms with Gasteiger partial charge >= 0.3 is 0 Å². The molecule has 0 bridgehead atoms. The lowest BCUT2D eigenvalue weighted by atomic mass is 10.1. The minimum atomic E-state index is -0.476. The molecule has 0 unspecified atom stereocenters. The summed E-state index contributed by atoms with van der Waals surface area (Å²) in [7, 11) is 0. The van der Waals surface area contributed by atoms with Crippen molar-refractivity contribution < 1.29 is 9.18 Å². The summed E-state index contributed by atoms with van der Waals surface area (Å²) in [5.41, 5.74) is 9.73. The van der Waals surface area contributed by atoms with Crippen molar-refractivity contribution in [1.29, 1.82) is 0 Å². The van der Waals surface area contributed by atoms with Gasteiger partial charge in [-0.25, -0.2) is 19.3 Å². The zero-order chi connectivity index (χ0) is 22.1. The lowest BCUT2D eigenvalue weighted by Crippen LogP contribution is -2.11. The van der Waals surface area contributed by atoms with Crippen LogP contribution in [0.15, 0.2) is 67.1 Å². The van der Waals surface area contributed by atoms with Gasteiger partial charge in [0.15, 0.2) is 0 Å². The van der Waals surface area contributed by atoms with Gasteiger partial charge in [0.1, 0.15) is 5.82 Å². The number of halogens is 1. The zero-order valence-electron chi connectivity index (χ0n) is 17.2. The number of benzene rings is 2. The predicted octanol–water partition coefficient (Wildman–Crippen LogP) is 3.87. The average molecular weight is 428 g/mol. The maximum atomic E-state index is 13.5. The number of anilines is 1. The highest BCUT2D eigenvalue weighted by molar-refractivity contribution is 5.92.